The van der Waals surface area contributed by atoms with Crippen LogP contribution in [-0.4, -0.2) is 6.54 Å². The molecule has 3 heteroatoms. The van der Waals surface area contributed by atoms with Gasteiger partial charge < -0.3 is 7.16 Å². The number of nitrogens with two attached hydrogens (primary N) is 1. The van der Waals surface area contributed by atoms with Crippen molar-refractivity contribution in [1.29, 1.82) is 0 Å². The largest absolute Gasteiger partial charge is 1.00 e. The van der Waals surface area contributed by atoms with Crippen LogP contribution >= 0.6 is 17.0 Å². The van der Waals surface area contributed by atoms with E-state index in [2.05, 4.69) is 6.92 Å². The van der Waals surface area contributed by atoms with Gasteiger partial charge in [-0.15, -0.1) is 17.0 Å². The fourth-order valence-corrected chi connectivity index (χ4v) is 1.63. The summed E-state index contributed by atoms with van der Waals surface area (Å²) < 4.78 is 0. The van der Waals surface area contributed by atoms with Crippen LogP contribution in [0.25, 0.3) is 0 Å². The Morgan fingerprint density at radius 1 is 0.733 bits per heavy atom. The van der Waals surface area contributed by atoms with E-state index >= 15 is 0 Å². The van der Waals surface area contributed by atoms with Gasteiger partial charge in [0.15, 0.2) is 0 Å². The molecule has 0 unspecified atom stereocenters. The van der Waals surface area contributed by atoms with Crippen LogP contribution in [0.1, 0.15) is 72.6 Å². The Balaban J connectivity index is -0.000000240. The van der Waals surface area contributed by atoms with Crippen LogP contribution in [0.4, 0.5) is 0 Å². The molecule has 0 saturated carbocycles. The van der Waals surface area contributed by atoms with Crippen molar-refractivity contribution in [3.05, 3.63) is 0 Å². The molecule has 0 aromatic rings. The topological polar surface area (TPSA) is 26.0 Å². The van der Waals surface area contributed by atoms with Crippen molar-refractivity contribution in [2.24, 2.45) is 5.73 Å². The quantitative estimate of drug-likeness (QED) is 0.479. The molecule has 0 amide bonds. The van der Waals surface area contributed by atoms with Crippen molar-refractivity contribution in [3.8, 4) is 0 Å². The molecule has 2 N–H and O–H groups in total. The summed E-state index contributed by atoms with van der Waals surface area (Å²) in [6.07, 6.45) is 13.9. The Morgan fingerprint density at radius 3 is 1.40 bits per heavy atom. The minimum atomic E-state index is 0. The van der Waals surface area contributed by atoms with Gasteiger partial charge in [-0.2, -0.15) is 0 Å². The molecule has 15 heavy (non-hydrogen) atoms. The molecule has 0 aliphatic heterocycles. The first kappa shape index (κ1) is 21.7. The molecule has 0 saturated heterocycles. The Bertz CT molecular complexity index is 87.1. The number of hydrogen-bond acceptors (Lipinski definition) is 1. The summed E-state index contributed by atoms with van der Waals surface area (Å²) in [5.74, 6) is 0. The van der Waals surface area contributed by atoms with Crippen molar-refractivity contribution in [1.82, 2.24) is 0 Å². The van der Waals surface area contributed by atoms with E-state index in [0.29, 0.717) is 0 Å². The molecular formula is C12H29BrNNa. The maximum atomic E-state index is 5.42. The molecule has 0 rings (SSSR count). The van der Waals surface area contributed by atoms with Crippen LogP contribution in [0, 0.1) is 0 Å². The third kappa shape index (κ3) is 21.3. The summed E-state index contributed by atoms with van der Waals surface area (Å²) in [5, 5.41) is 0. The fraction of sp³-hybridized carbons (Fsp3) is 1.00. The van der Waals surface area contributed by atoms with Gasteiger partial charge in [0, 0.05) is 0 Å². The first-order chi connectivity index (χ1) is 6.41. The number of hydrogen-bond donors (Lipinski definition) is 1. The van der Waals surface area contributed by atoms with Gasteiger partial charge in [0.05, 0.1) is 0 Å². The molecule has 0 radical (unpaired) electrons. The molecule has 0 aromatic carbocycles. The molecule has 0 aromatic heterocycles. The van der Waals surface area contributed by atoms with Gasteiger partial charge in [-0.3, -0.25) is 0 Å². The SMILES string of the molecule is Br.CCCCCCCCCCCCN.[H-].[Na+]. The van der Waals surface area contributed by atoms with E-state index in [4.69, 9.17) is 5.73 Å². The number of unbranched alkanes of at least 4 members (excludes halogenated alkanes) is 9. The van der Waals surface area contributed by atoms with Crippen molar-refractivity contribution in [3.63, 3.8) is 0 Å². The minimum absolute atomic E-state index is 0. The minimum Gasteiger partial charge on any atom is -1.00 e. The zero-order chi connectivity index (χ0) is 9.78. The van der Waals surface area contributed by atoms with E-state index in [0.717, 1.165) is 6.54 Å². The predicted molar refractivity (Wildman–Crippen MR) is 72.3 cm³/mol. The predicted octanol–water partition coefficient (Wildman–Crippen LogP) is 1.56. The van der Waals surface area contributed by atoms with Crippen LogP contribution in [0.5, 0.6) is 0 Å². The summed E-state index contributed by atoms with van der Waals surface area (Å²) in [5.41, 5.74) is 5.42. The van der Waals surface area contributed by atoms with Gasteiger partial charge in [0.25, 0.3) is 0 Å². The molecular weight excluding hydrogens is 261 g/mol. The maximum Gasteiger partial charge on any atom is 1.00 e. The molecule has 1 nitrogen and oxygen atoms in total. The van der Waals surface area contributed by atoms with E-state index in [9.17, 15) is 0 Å². The number of halogens is 1. The van der Waals surface area contributed by atoms with Gasteiger partial charge >= 0.3 is 29.6 Å². The van der Waals surface area contributed by atoms with E-state index in [-0.39, 0.29) is 48.0 Å². The zero-order valence-electron chi connectivity index (χ0n) is 11.8. The molecule has 0 fully saturated rings. The van der Waals surface area contributed by atoms with E-state index < -0.39 is 0 Å². The first-order valence-corrected chi connectivity index (χ1v) is 6.12. The molecule has 0 atom stereocenters. The van der Waals surface area contributed by atoms with Gasteiger partial charge in [-0.05, 0) is 13.0 Å². The summed E-state index contributed by atoms with van der Waals surface area (Å²) in [6, 6.07) is 0. The van der Waals surface area contributed by atoms with Crippen molar-refractivity contribution in [2.45, 2.75) is 71.1 Å². The van der Waals surface area contributed by atoms with Crippen LogP contribution in [0.3, 0.4) is 0 Å². The average Bonchev–Trinajstić information content (AvgIpc) is 2.16. The van der Waals surface area contributed by atoms with Gasteiger partial charge in [0.2, 0.25) is 0 Å². The van der Waals surface area contributed by atoms with Gasteiger partial charge in [0.1, 0.15) is 0 Å². The van der Waals surface area contributed by atoms with E-state index in [1.54, 1.807) is 0 Å². The summed E-state index contributed by atoms with van der Waals surface area (Å²) in [7, 11) is 0. The van der Waals surface area contributed by atoms with E-state index in [1.165, 1.54) is 64.2 Å². The normalized spacial score (nSPS) is 9.20. The van der Waals surface area contributed by atoms with Crippen LogP contribution in [0.2, 0.25) is 0 Å². The second kappa shape index (κ2) is 20.8. The molecule has 0 aliphatic rings. The molecule has 0 spiro atoms. The maximum absolute atomic E-state index is 5.42. The van der Waals surface area contributed by atoms with Crippen LogP contribution < -0.4 is 35.3 Å². The van der Waals surface area contributed by atoms with Crippen molar-refractivity contribution in [2.75, 3.05) is 6.54 Å². The summed E-state index contributed by atoms with van der Waals surface area (Å²) in [4.78, 5) is 0. The van der Waals surface area contributed by atoms with Crippen molar-refractivity contribution >= 4 is 17.0 Å². The van der Waals surface area contributed by atoms with Crippen LogP contribution in [-0.2, 0) is 0 Å². The van der Waals surface area contributed by atoms with Crippen LogP contribution in [0.15, 0.2) is 0 Å². The Kier molecular flexibility index (Phi) is 30.1. The number of rotatable bonds is 10. The zero-order valence-corrected chi connectivity index (χ0v) is 14.5. The Hall–Kier alpha value is 1.44. The monoisotopic (exact) mass is 289 g/mol. The Labute approximate surface area is 131 Å². The molecule has 0 heterocycles. The molecule has 90 valence electrons. The summed E-state index contributed by atoms with van der Waals surface area (Å²) in [6.45, 7) is 3.14. The smallest absolute Gasteiger partial charge is 1.00 e. The van der Waals surface area contributed by atoms with Gasteiger partial charge in [-0.1, -0.05) is 64.7 Å². The third-order valence-corrected chi connectivity index (χ3v) is 2.56. The second-order valence-electron chi connectivity index (χ2n) is 3.97. The van der Waals surface area contributed by atoms with Crippen molar-refractivity contribution < 1.29 is 31.0 Å². The second-order valence-corrected chi connectivity index (χ2v) is 3.97. The average molecular weight is 290 g/mol. The molecule has 0 bridgehead atoms. The van der Waals surface area contributed by atoms with E-state index in [1.807, 2.05) is 0 Å². The standard InChI is InChI=1S/C12H27N.BrH.Na.H/c1-2-3-4-5-6-7-8-9-10-11-12-13;;;/h2-13H2,1H3;1H;;/q;;+1;-1. The third-order valence-electron chi connectivity index (χ3n) is 2.56. The Morgan fingerprint density at radius 2 is 1.07 bits per heavy atom. The molecule has 0 aliphatic carbocycles. The van der Waals surface area contributed by atoms with Gasteiger partial charge in [-0.25, -0.2) is 0 Å². The first-order valence-electron chi connectivity index (χ1n) is 6.12. The summed E-state index contributed by atoms with van der Waals surface area (Å²) >= 11 is 0. The fourth-order valence-electron chi connectivity index (χ4n) is 1.63.